The molecule has 0 fully saturated rings. The summed E-state index contributed by atoms with van der Waals surface area (Å²) in [5.41, 5.74) is 2.98. The van der Waals surface area contributed by atoms with Gasteiger partial charge in [-0.05, 0) is 18.9 Å². The van der Waals surface area contributed by atoms with E-state index in [-0.39, 0.29) is 6.04 Å². The second-order valence-corrected chi connectivity index (χ2v) is 6.10. The van der Waals surface area contributed by atoms with Crippen LogP contribution in [0.2, 0.25) is 0 Å². The fourth-order valence-corrected chi connectivity index (χ4v) is 2.73. The highest BCUT2D eigenvalue weighted by atomic mass is 32.1. The zero-order chi connectivity index (χ0) is 14.4. The molecular weight excluding hydrogens is 270 g/mol. The Bertz CT molecular complexity index is 491. The number of rotatable bonds is 8. The van der Waals surface area contributed by atoms with Crippen molar-refractivity contribution < 1.29 is 0 Å². The number of thiazole rings is 1. The molecule has 0 radical (unpaired) electrons. The Hall–Kier alpha value is -1.27. The van der Waals surface area contributed by atoms with Gasteiger partial charge >= 0.3 is 0 Å². The molecule has 0 aliphatic carbocycles. The van der Waals surface area contributed by atoms with Crippen molar-refractivity contribution in [2.45, 2.75) is 46.2 Å². The Labute approximate surface area is 124 Å². The summed E-state index contributed by atoms with van der Waals surface area (Å²) in [6, 6.07) is 0.219. The van der Waals surface area contributed by atoms with Gasteiger partial charge in [0.25, 0.3) is 0 Å². The molecule has 0 aliphatic heterocycles. The van der Waals surface area contributed by atoms with Crippen LogP contribution in [0.3, 0.4) is 0 Å². The maximum absolute atomic E-state index is 4.44. The summed E-state index contributed by atoms with van der Waals surface area (Å²) < 4.78 is 2.01. The summed E-state index contributed by atoms with van der Waals surface area (Å²) in [6.45, 7) is 8.46. The molecule has 20 heavy (non-hydrogen) atoms. The normalized spacial score (nSPS) is 13.0. The van der Waals surface area contributed by atoms with Crippen LogP contribution in [0.5, 0.6) is 0 Å². The van der Waals surface area contributed by atoms with Crippen LogP contribution >= 0.6 is 11.3 Å². The lowest BCUT2D eigenvalue weighted by molar-refractivity contribution is 0.441. The predicted octanol–water partition coefficient (Wildman–Crippen LogP) is 2.67. The standard InChI is InChI=1S/C14H23N5S/c1-4-5-15-12(13-8-20-10-17-13)6-14-16-9-18-19(14)7-11(2)3/h8-12,15H,4-7H2,1-3H3. The molecule has 1 N–H and O–H groups in total. The Morgan fingerprint density at radius 1 is 1.35 bits per heavy atom. The van der Waals surface area contributed by atoms with Crippen LogP contribution in [0.25, 0.3) is 0 Å². The second-order valence-electron chi connectivity index (χ2n) is 5.38. The third-order valence-electron chi connectivity index (χ3n) is 3.07. The minimum Gasteiger partial charge on any atom is -0.308 e. The molecule has 0 saturated heterocycles. The van der Waals surface area contributed by atoms with Gasteiger partial charge < -0.3 is 5.32 Å². The highest BCUT2D eigenvalue weighted by molar-refractivity contribution is 7.07. The number of aromatic nitrogens is 4. The first-order valence-corrected chi connectivity index (χ1v) is 8.13. The van der Waals surface area contributed by atoms with Gasteiger partial charge in [0.2, 0.25) is 0 Å². The van der Waals surface area contributed by atoms with E-state index >= 15 is 0 Å². The van der Waals surface area contributed by atoms with E-state index in [0.29, 0.717) is 5.92 Å². The smallest absolute Gasteiger partial charge is 0.138 e. The quantitative estimate of drug-likeness (QED) is 0.813. The van der Waals surface area contributed by atoms with E-state index in [4.69, 9.17) is 0 Å². The Balaban J connectivity index is 2.09. The number of hydrogen-bond acceptors (Lipinski definition) is 5. The third kappa shape index (κ3) is 4.11. The number of hydrogen-bond donors (Lipinski definition) is 1. The Morgan fingerprint density at radius 2 is 2.20 bits per heavy atom. The van der Waals surface area contributed by atoms with Crippen LogP contribution in [-0.4, -0.2) is 26.3 Å². The summed E-state index contributed by atoms with van der Waals surface area (Å²) in [6.07, 6.45) is 3.59. The summed E-state index contributed by atoms with van der Waals surface area (Å²) in [4.78, 5) is 8.85. The average Bonchev–Trinajstić information content (AvgIpc) is 3.05. The first kappa shape index (κ1) is 15.1. The van der Waals surface area contributed by atoms with Crippen molar-refractivity contribution >= 4 is 11.3 Å². The molecule has 5 nitrogen and oxygen atoms in total. The van der Waals surface area contributed by atoms with Crippen molar-refractivity contribution in [3.63, 3.8) is 0 Å². The first-order chi connectivity index (χ1) is 9.70. The lowest BCUT2D eigenvalue weighted by Gasteiger charge is -2.17. The molecule has 0 bridgehead atoms. The van der Waals surface area contributed by atoms with Crippen molar-refractivity contribution in [3.8, 4) is 0 Å². The summed E-state index contributed by atoms with van der Waals surface area (Å²) >= 11 is 1.63. The maximum Gasteiger partial charge on any atom is 0.138 e. The predicted molar refractivity (Wildman–Crippen MR) is 81.7 cm³/mol. The molecule has 2 rings (SSSR count). The first-order valence-electron chi connectivity index (χ1n) is 7.18. The molecule has 2 heterocycles. The van der Waals surface area contributed by atoms with Gasteiger partial charge in [-0.3, -0.25) is 0 Å². The van der Waals surface area contributed by atoms with Crippen molar-refractivity contribution in [2.24, 2.45) is 5.92 Å². The van der Waals surface area contributed by atoms with Crippen LogP contribution in [0, 0.1) is 5.92 Å². The van der Waals surface area contributed by atoms with Crippen LogP contribution in [0.1, 0.15) is 44.8 Å². The molecule has 2 aromatic heterocycles. The van der Waals surface area contributed by atoms with Crippen LogP contribution in [-0.2, 0) is 13.0 Å². The van der Waals surface area contributed by atoms with Gasteiger partial charge in [0, 0.05) is 18.3 Å². The number of nitrogens with zero attached hydrogens (tertiary/aromatic N) is 4. The molecule has 0 aliphatic rings. The van der Waals surface area contributed by atoms with Crippen molar-refractivity contribution in [1.82, 2.24) is 25.1 Å². The lowest BCUT2D eigenvalue weighted by Crippen LogP contribution is -2.26. The van der Waals surface area contributed by atoms with Crippen molar-refractivity contribution in [3.05, 3.63) is 28.7 Å². The van der Waals surface area contributed by atoms with E-state index in [1.165, 1.54) is 0 Å². The maximum atomic E-state index is 4.44. The molecular formula is C14H23N5S. The minimum absolute atomic E-state index is 0.219. The molecule has 1 unspecified atom stereocenters. The molecule has 2 aromatic rings. The zero-order valence-corrected chi connectivity index (χ0v) is 13.2. The molecule has 0 saturated carbocycles. The van der Waals surface area contributed by atoms with Gasteiger partial charge in [-0.1, -0.05) is 20.8 Å². The van der Waals surface area contributed by atoms with Gasteiger partial charge in [-0.25, -0.2) is 14.6 Å². The van der Waals surface area contributed by atoms with Crippen molar-refractivity contribution in [1.29, 1.82) is 0 Å². The van der Waals surface area contributed by atoms with E-state index in [1.807, 2.05) is 10.2 Å². The Kier molecular flexibility index (Phi) is 5.67. The van der Waals surface area contributed by atoms with E-state index in [9.17, 15) is 0 Å². The van der Waals surface area contributed by atoms with E-state index in [1.54, 1.807) is 17.7 Å². The third-order valence-corrected chi connectivity index (χ3v) is 3.67. The Morgan fingerprint density at radius 3 is 2.85 bits per heavy atom. The second kappa shape index (κ2) is 7.50. The van der Waals surface area contributed by atoms with Crippen LogP contribution < -0.4 is 5.32 Å². The molecule has 0 aromatic carbocycles. The van der Waals surface area contributed by atoms with Crippen LogP contribution in [0.4, 0.5) is 0 Å². The molecule has 6 heteroatoms. The van der Waals surface area contributed by atoms with Crippen LogP contribution in [0.15, 0.2) is 17.2 Å². The fourth-order valence-electron chi connectivity index (χ4n) is 2.12. The number of nitrogens with one attached hydrogen (secondary N) is 1. The molecule has 110 valence electrons. The molecule has 0 spiro atoms. The average molecular weight is 293 g/mol. The topological polar surface area (TPSA) is 55.6 Å². The fraction of sp³-hybridized carbons (Fsp3) is 0.643. The van der Waals surface area contributed by atoms with E-state index in [2.05, 4.69) is 46.5 Å². The highest BCUT2D eigenvalue weighted by Crippen LogP contribution is 2.18. The van der Waals surface area contributed by atoms with Gasteiger partial charge in [-0.15, -0.1) is 11.3 Å². The summed E-state index contributed by atoms with van der Waals surface area (Å²) in [7, 11) is 0. The van der Waals surface area contributed by atoms with Gasteiger partial charge in [0.1, 0.15) is 12.2 Å². The van der Waals surface area contributed by atoms with E-state index in [0.717, 1.165) is 37.4 Å². The van der Waals surface area contributed by atoms with Gasteiger partial charge in [0.05, 0.1) is 17.2 Å². The zero-order valence-electron chi connectivity index (χ0n) is 12.4. The SMILES string of the molecule is CCCNC(Cc1ncnn1CC(C)C)c1cscn1. The summed E-state index contributed by atoms with van der Waals surface area (Å²) in [5.74, 6) is 1.59. The minimum atomic E-state index is 0.219. The highest BCUT2D eigenvalue weighted by Gasteiger charge is 2.17. The largest absolute Gasteiger partial charge is 0.308 e. The lowest BCUT2D eigenvalue weighted by atomic mass is 10.1. The molecule has 0 amide bonds. The van der Waals surface area contributed by atoms with Gasteiger partial charge in [0.15, 0.2) is 0 Å². The molecule has 1 atom stereocenters. The monoisotopic (exact) mass is 293 g/mol. The van der Waals surface area contributed by atoms with Crippen molar-refractivity contribution in [2.75, 3.05) is 6.54 Å². The van der Waals surface area contributed by atoms with E-state index < -0.39 is 0 Å². The summed E-state index contributed by atoms with van der Waals surface area (Å²) in [5, 5.41) is 9.99. The van der Waals surface area contributed by atoms with Gasteiger partial charge in [-0.2, -0.15) is 5.10 Å².